The standard InChI is InChI=1S/C16H16BrN3O2/c17-13-9-12(10-18-11-13)16(21)19-14-3-1-2-4-15(14)20-5-7-22-8-6-20/h1-4,9-11H,5-8H2,(H,19,21). The molecule has 0 bridgehead atoms. The number of amides is 1. The Balaban J connectivity index is 1.81. The normalized spacial score (nSPS) is 14.7. The lowest BCUT2D eigenvalue weighted by molar-refractivity contribution is 0.102. The maximum atomic E-state index is 12.4. The number of pyridine rings is 1. The van der Waals surface area contributed by atoms with Crippen molar-refractivity contribution in [2.24, 2.45) is 0 Å². The summed E-state index contributed by atoms with van der Waals surface area (Å²) in [5.41, 5.74) is 2.34. The molecular weight excluding hydrogens is 346 g/mol. The highest BCUT2D eigenvalue weighted by atomic mass is 79.9. The van der Waals surface area contributed by atoms with Crippen molar-refractivity contribution >= 4 is 33.2 Å². The van der Waals surface area contributed by atoms with Gasteiger partial charge in [0.15, 0.2) is 0 Å². The van der Waals surface area contributed by atoms with Crippen LogP contribution in [0.4, 0.5) is 11.4 Å². The van der Waals surface area contributed by atoms with E-state index in [-0.39, 0.29) is 5.91 Å². The summed E-state index contributed by atoms with van der Waals surface area (Å²) >= 11 is 3.33. The number of nitrogens with one attached hydrogen (secondary N) is 1. The van der Waals surface area contributed by atoms with Gasteiger partial charge in [0.1, 0.15) is 0 Å². The van der Waals surface area contributed by atoms with Gasteiger partial charge in [0.05, 0.1) is 30.2 Å². The Hall–Kier alpha value is -1.92. The van der Waals surface area contributed by atoms with Crippen LogP contribution in [-0.4, -0.2) is 37.2 Å². The molecule has 2 heterocycles. The molecular formula is C16H16BrN3O2. The number of hydrogen-bond acceptors (Lipinski definition) is 4. The van der Waals surface area contributed by atoms with Crippen molar-refractivity contribution in [1.29, 1.82) is 0 Å². The lowest BCUT2D eigenvalue weighted by atomic mass is 10.2. The van der Waals surface area contributed by atoms with Crippen LogP contribution in [0.5, 0.6) is 0 Å². The largest absolute Gasteiger partial charge is 0.378 e. The van der Waals surface area contributed by atoms with E-state index in [0.29, 0.717) is 18.8 Å². The van der Waals surface area contributed by atoms with E-state index in [1.807, 2.05) is 24.3 Å². The first-order chi connectivity index (χ1) is 10.7. The number of morpholine rings is 1. The van der Waals surface area contributed by atoms with Gasteiger partial charge in [0, 0.05) is 30.0 Å². The first-order valence-electron chi connectivity index (χ1n) is 7.07. The highest BCUT2D eigenvalue weighted by molar-refractivity contribution is 9.10. The number of hydrogen-bond donors (Lipinski definition) is 1. The molecule has 1 fully saturated rings. The molecule has 1 aliphatic heterocycles. The average molecular weight is 362 g/mol. The van der Waals surface area contributed by atoms with Crippen molar-refractivity contribution in [2.75, 3.05) is 36.5 Å². The molecule has 1 N–H and O–H groups in total. The van der Waals surface area contributed by atoms with Crippen LogP contribution in [0.3, 0.4) is 0 Å². The third-order valence-corrected chi connectivity index (χ3v) is 3.90. The van der Waals surface area contributed by atoms with Crippen LogP contribution in [0, 0.1) is 0 Å². The number of halogens is 1. The van der Waals surface area contributed by atoms with E-state index >= 15 is 0 Å². The molecule has 1 amide bonds. The Morgan fingerprint density at radius 2 is 2.00 bits per heavy atom. The minimum atomic E-state index is -0.172. The zero-order chi connectivity index (χ0) is 15.4. The van der Waals surface area contributed by atoms with Crippen LogP contribution in [0.15, 0.2) is 47.2 Å². The summed E-state index contributed by atoms with van der Waals surface area (Å²) in [6.45, 7) is 3.06. The van der Waals surface area contributed by atoms with Gasteiger partial charge in [0.2, 0.25) is 0 Å². The van der Waals surface area contributed by atoms with Crippen molar-refractivity contribution in [2.45, 2.75) is 0 Å². The number of benzene rings is 1. The third kappa shape index (κ3) is 3.45. The number of para-hydroxylation sites is 2. The van der Waals surface area contributed by atoms with Crippen LogP contribution in [-0.2, 0) is 4.74 Å². The molecule has 1 aliphatic rings. The highest BCUT2D eigenvalue weighted by Gasteiger charge is 2.16. The minimum absolute atomic E-state index is 0.172. The monoisotopic (exact) mass is 361 g/mol. The Morgan fingerprint density at radius 3 is 2.77 bits per heavy atom. The van der Waals surface area contributed by atoms with Crippen LogP contribution < -0.4 is 10.2 Å². The maximum Gasteiger partial charge on any atom is 0.257 e. The summed E-state index contributed by atoms with van der Waals surface area (Å²) in [6.07, 6.45) is 3.20. The van der Waals surface area contributed by atoms with E-state index < -0.39 is 0 Å². The first-order valence-corrected chi connectivity index (χ1v) is 7.87. The fraction of sp³-hybridized carbons (Fsp3) is 0.250. The summed E-state index contributed by atoms with van der Waals surface area (Å²) < 4.78 is 6.16. The average Bonchev–Trinajstić information content (AvgIpc) is 2.56. The molecule has 1 aromatic heterocycles. The van der Waals surface area contributed by atoms with Crippen LogP contribution in [0.2, 0.25) is 0 Å². The summed E-state index contributed by atoms with van der Waals surface area (Å²) in [5, 5.41) is 2.97. The summed E-state index contributed by atoms with van der Waals surface area (Å²) in [4.78, 5) is 18.6. The molecule has 3 rings (SSSR count). The topological polar surface area (TPSA) is 54.5 Å². The Morgan fingerprint density at radius 1 is 1.23 bits per heavy atom. The van der Waals surface area contributed by atoms with Gasteiger partial charge in [-0.15, -0.1) is 0 Å². The minimum Gasteiger partial charge on any atom is -0.378 e. The molecule has 5 nitrogen and oxygen atoms in total. The number of carbonyl (C=O) groups is 1. The number of carbonyl (C=O) groups excluding carboxylic acids is 1. The number of aromatic nitrogens is 1. The van der Waals surface area contributed by atoms with Gasteiger partial charge < -0.3 is 15.0 Å². The fourth-order valence-electron chi connectivity index (χ4n) is 2.39. The molecule has 0 aliphatic carbocycles. The van der Waals surface area contributed by atoms with E-state index in [9.17, 15) is 4.79 Å². The second-order valence-corrected chi connectivity index (χ2v) is 5.88. The van der Waals surface area contributed by atoms with Gasteiger partial charge in [-0.2, -0.15) is 0 Å². The van der Waals surface area contributed by atoms with E-state index in [4.69, 9.17) is 4.74 Å². The zero-order valence-corrected chi connectivity index (χ0v) is 13.5. The Kier molecular flexibility index (Phi) is 4.70. The summed E-state index contributed by atoms with van der Waals surface area (Å²) in [6, 6.07) is 9.56. The van der Waals surface area contributed by atoms with Crippen LogP contribution in [0.1, 0.15) is 10.4 Å². The van der Waals surface area contributed by atoms with E-state index in [1.54, 1.807) is 18.5 Å². The van der Waals surface area contributed by atoms with E-state index in [0.717, 1.165) is 28.9 Å². The molecule has 0 unspecified atom stereocenters. The summed E-state index contributed by atoms with van der Waals surface area (Å²) in [7, 11) is 0. The SMILES string of the molecule is O=C(Nc1ccccc1N1CCOCC1)c1cncc(Br)c1. The summed E-state index contributed by atoms with van der Waals surface area (Å²) in [5.74, 6) is -0.172. The highest BCUT2D eigenvalue weighted by Crippen LogP contribution is 2.27. The Bertz CT molecular complexity index is 672. The molecule has 22 heavy (non-hydrogen) atoms. The molecule has 0 saturated carbocycles. The third-order valence-electron chi connectivity index (χ3n) is 3.47. The van der Waals surface area contributed by atoms with E-state index in [1.165, 1.54) is 0 Å². The van der Waals surface area contributed by atoms with Crippen LogP contribution >= 0.6 is 15.9 Å². The van der Waals surface area contributed by atoms with Crippen molar-refractivity contribution in [3.8, 4) is 0 Å². The van der Waals surface area contributed by atoms with Gasteiger partial charge in [-0.05, 0) is 34.1 Å². The molecule has 6 heteroatoms. The first kappa shape index (κ1) is 15.0. The van der Waals surface area contributed by atoms with Crippen LogP contribution in [0.25, 0.3) is 0 Å². The smallest absolute Gasteiger partial charge is 0.257 e. The molecule has 0 radical (unpaired) electrons. The predicted octanol–water partition coefficient (Wildman–Crippen LogP) is 2.93. The lowest BCUT2D eigenvalue weighted by Crippen LogP contribution is -2.36. The van der Waals surface area contributed by atoms with Crippen molar-refractivity contribution in [3.63, 3.8) is 0 Å². The van der Waals surface area contributed by atoms with Gasteiger partial charge in [-0.3, -0.25) is 9.78 Å². The van der Waals surface area contributed by atoms with Crippen molar-refractivity contribution < 1.29 is 9.53 Å². The quantitative estimate of drug-likeness (QED) is 0.912. The predicted molar refractivity (Wildman–Crippen MR) is 89.4 cm³/mol. The number of rotatable bonds is 3. The lowest BCUT2D eigenvalue weighted by Gasteiger charge is -2.30. The zero-order valence-electron chi connectivity index (χ0n) is 12.0. The Labute approximate surface area is 137 Å². The fourth-order valence-corrected chi connectivity index (χ4v) is 2.75. The number of ether oxygens (including phenoxy) is 1. The number of anilines is 2. The number of nitrogens with zero attached hydrogens (tertiary/aromatic N) is 2. The van der Waals surface area contributed by atoms with Gasteiger partial charge in [0.25, 0.3) is 5.91 Å². The van der Waals surface area contributed by atoms with Gasteiger partial charge in [-0.25, -0.2) is 0 Å². The molecule has 0 spiro atoms. The second-order valence-electron chi connectivity index (χ2n) is 4.96. The molecule has 114 valence electrons. The molecule has 1 saturated heterocycles. The van der Waals surface area contributed by atoms with E-state index in [2.05, 4.69) is 31.1 Å². The molecule has 2 aromatic rings. The van der Waals surface area contributed by atoms with Crippen molar-refractivity contribution in [3.05, 3.63) is 52.8 Å². The van der Waals surface area contributed by atoms with Gasteiger partial charge in [-0.1, -0.05) is 12.1 Å². The molecule has 1 aromatic carbocycles. The maximum absolute atomic E-state index is 12.4. The second kappa shape index (κ2) is 6.89. The van der Waals surface area contributed by atoms with Crippen molar-refractivity contribution in [1.82, 2.24) is 4.98 Å². The van der Waals surface area contributed by atoms with Gasteiger partial charge >= 0.3 is 0 Å². The molecule has 0 atom stereocenters.